The molecule has 0 spiro atoms. The third-order valence-electron chi connectivity index (χ3n) is 4.23. The van der Waals surface area contributed by atoms with Gasteiger partial charge in [-0.25, -0.2) is 8.78 Å². The van der Waals surface area contributed by atoms with Gasteiger partial charge in [0.15, 0.2) is 17.5 Å². The van der Waals surface area contributed by atoms with E-state index >= 15 is 0 Å². The van der Waals surface area contributed by atoms with Crippen LogP contribution >= 0.6 is 0 Å². The fraction of sp³-hybridized carbons (Fsp3) is 0.316. The van der Waals surface area contributed by atoms with E-state index in [-0.39, 0.29) is 11.4 Å². The molecule has 0 aliphatic heterocycles. The van der Waals surface area contributed by atoms with Gasteiger partial charge in [0.1, 0.15) is 5.82 Å². The molecule has 136 valence electrons. The predicted molar refractivity (Wildman–Crippen MR) is 96.0 cm³/mol. The first-order valence-electron chi connectivity index (χ1n) is 8.64. The number of rotatable bonds is 6. The summed E-state index contributed by atoms with van der Waals surface area (Å²) in [7, 11) is 0. The fourth-order valence-corrected chi connectivity index (χ4v) is 2.80. The lowest BCUT2D eigenvalue weighted by atomic mass is 9.97. The van der Waals surface area contributed by atoms with Gasteiger partial charge in [0.05, 0.1) is 0 Å². The van der Waals surface area contributed by atoms with Crippen LogP contribution in [0, 0.1) is 11.6 Å². The van der Waals surface area contributed by atoms with E-state index in [1.54, 1.807) is 12.1 Å². The van der Waals surface area contributed by atoms with Gasteiger partial charge in [-0.05, 0) is 62.4 Å². The summed E-state index contributed by atoms with van der Waals surface area (Å²) in [5.41, 5.74) is 1.49. The first-order chi connectivity index (χ1) is 12.6. The van der Waals surface area contributed by atoms with Gasteiger partial charge < -0.3 is 10.6 Å². The molecule has 1 aliphatic carbocycles. The highest BCUT2D eigenvalue weighted by atomic mass is 19.2. The van der Waals surface area contributed by atoms with Crippen molar-refractivity contribution in [3.05, 3.63) is 59.2 Å². The molecule has 26 heavy (non-hydrogen) atoms. The zero-order valence-corrected chi connectivity index (χ0v) is 14.3. The van der Waals surface area contributed by atoms with Crippen molar-refractivity contribution in [3.8, 4) is 0 Å². The lowest BCUT2D eigenvalue weighted by Gasteiger charge is -2.13. The van der Waals surface area contributed by atoms with Crippen molar-refractivity contribution in [1.29, 1.82) is 0 Å². The van der Waals surface area contributed by atoms with Crippen LogP contribution in [0.15, 0.2) is 42.0 Å². The maximum atomic E-state index is 13.2. The molecular formula is C19H20F2N4O. The number of carbonyl (C=O) groups is 1. The maximum absolute atomic E-state index is 13.2. The summed E-state index contributed by atoms with van der Waals surface area (Å²) in [5, 5.41) is 13.6. The first kappa shape index (κ1) is 18.0. The topological polar surface area (TPSA) is 66.9 Å². The fourth-order valence-electron chi connectivity index (χ4n) is 2.80. The van der Waals surface area contributed by atoms with E-state index in [1.807, 2.05) is 0 Å². The molecule has 3 rings (SSSR count). The van der Waals surface area contributed by atoms with Crippen LogP contribution in [-0.2, 0) is 0 Å². The van der Waals surface area contributed by atoms with Crippen LogP contribution in [0.3, 0.4) is 0 Å². The highest BCUT2D eigenvalue weighted by Crippen LogP contribution is 2.20. The number of halogens is 2. The van der Waals surface area contributed by atoms with Crippen molar-refractivity contribution in [2.75, 3.05) is 17.2 Å². The Kier molecular flexibility index (Phi) is 5.88. The SMILES string of the molecule is O=C(Nc1ccc(NCCC2=CCCCC2)nn1)c1ccc(F)c(F)c1. The Balaban J connectivity index is 1.51. The molecule has 1 aromatic heterocycles. The molecule has 0 fully saturated rings. The summed E-state index contributed by atoms with van der Waals surface area (Å²) in [6.45, 7) is 0.779. The normalized spacial score (nSPS) is 13.8. The van der Waals surface area contributed by atoms with Crippen LogP contribution in [0.5, 0.6) is 0 Å². The van der Waals surface area contributed by atoms with Gasteiger partial charge in [-0.15, -0.1) is 10.2 Å². The van der Waals surface area contributed by atoms with Gasteiger partial charge in [0.25, 0.3) is 5.91 Å². The van der Waals surface area contributed by atoms with Gasteiger partial charge in [-0.2, -0.15) is 0 Å². The highest BCUT2D eigenvalue weighted by Gasteiger charge is 2.11. The van der Waals surface area contributed by atoms with Crippen molar-refractivity contribution in [1.82, 2.24) is 10.2 Å². The second kappa shape index (κ2) is 8.51. The van der Waals surface area contributed by atoms with Crippen LogP contribution in [-0.4, -0.2) is 22.6 Å². The molecule has 2 aromatic rings. The Hall–Kier alpha value is -2.83. The quantitative estimate of drug-likeness (QED) is 0.755. The molecule has 0 radical (unpaired) electrons. The molecular weight excluding hydrogens is 338 g/mol. The Morgan fingerprint density at radius 1 is 1.04 bits per heavy atom. The average molecular weight is 358 g/mol. The van der Waals surface area contributed by atoms with E-state index in [0.29, 0.717) is 5.82 Å². The van der Waals surface area contributed by atoms with Gasteiger partial charge >= 0.3 is 0 Å². The monoisotopic (exact) mass is 358 g/mol. The maximum Gasteiger partial charge on any atom is 0.256 e. The Morgan fingerprint density at radius 3 is 2.54 bits per heavy atom. The minimum Gasteiger partial charge on any atom is -0.368 e. The Bertz CT molecular complexity index is 806. The summed E-state index contributed by atoms with van der Waals surface area (Å²) < 4.78 is 26.1. The highest BCUT2D eigenvalue weighted by molar-refractivity contribution is 6.03. The van der Waals surface area contributed by atoms with Crippen LogP contribution in [0.4, 0.5) is 20.4 Å². The van der Waals surface area contributed by atoms with E-state index in [9.17, 15) is 13.6 Å². The standard InChI is InChI=1S/C19H20F2N4O/c20-15-7-6-14(12-16(15)21)19(26)23-18-9-8-17(24-25-18)22-11-10-13-4-2-1-3-5-13/h4,6-9,12H,1-3,5,10-11H2,(H,22,24)(H,23,25,26). The van der Waals surface area contributed by atoms with Crippen LogP contribution < -0.4 is 10.6 Å². The largest absolute Gasteiger partial charge is 0.368 e. The number of aromatic nitrogens is 2. The van der Waals surface area contributed by atoms with Crippen LogP contribution in [0.25, 0.3) is 0 Å². The molecule has 0 bridgehead atoms. The van der Waals surface area contributed by atoms with Crippen LogP contribution in [0.1, 0.15) is 42.5 Å². The van der Waals surface area contributed by atoms with E-state index in [0.717, 1.165) is 25.1 Å². The molecule has 1 heterocycles. The second-order valence-corrected chi connectivity index (χ2v) is 6.17. The molecule has 7 heteroatoms. The van der Waals surface area contributed by atoms with Gasteiger partial charge in [-0.3, -0.25) is 4.79 Å². The van der Waals surface area contributed by atoms with Crippen LogP contribution in [0.2, 0.25) is 0 Å². The molecule has 5 nitrogen and oxygen atoms in total. The first-order valence-corrected chi connectivity index (χ1v) is 8.64. The Morgan fingerprint density at radius 2 is 1.85 bits per heavy atom. The Labute approximate surface area is 150 Å². The molecule has 1 aromatic carbocycles. The second-order valence-electron chi connectivity index (χ2n) is 6.17. The third kappa shape index (κ3) is 4.84. The summed E-state index contributed by atoms with van der Waals surface area (Å²) in [6, 6.07) is 6.27. The minimum absolute atomic E-state index is 0.00802. The lowest BCUT2D eigenvalue weighted by molar-refractivity contribution is 0.102. The molecule has 2 N–H and O–H groups in total. The molecule has 1 amide bonds. The zero-order valence-electron chi connectivity index (χ0n) is 14.3. The predicted octanol–water partition coefficient (Wildman–Crippen LogP) is 4.31. The van der Waals surface area contributed by atoms with Gasteiger partial charge in [-0.1, -0.05) is 11.6 Å². The van der Waals surface area contributed by atoms with Gasteiger partial charge in [0, 0.05) is 12.1 Å². The van der Waals surface area contributed by atoms with Crippen molar-refractivity contribution < 1.29 is 13.6 Å². The number of carbonyl (C=O) groups excluding carboxylic acids is 1. The number of anilines is 2. The number of benzene rings is 1. The summed E-state index contributed by atoms with van der Waals surface area (Å²) in [5.74, 6) is -1.80. The number of nitrogens with zero attached hydrogens (tertiary/aromatic N) is 2. The van der Waals surface area contributed by atoms with Gasteiger partial charge in [0.2, 0.25) is 0 Å². The molecule has 0 unspecified atom stereocenters. The smallest absolute Gasteiger partial charge is 0.256 e. The lowest BCUT2D eigenvalue weighted by Crippen LogP contribution is -2.14. The zero-order chi connectivity index (χ0) is 18.4. The summed E-state index contributed by atoms with van der Waals surface area (Å²) >= 11 is 0. The number of allylic oxidation sites excluding steroid dienone is 1. The third-order valence-corrected chi connectivity index (χ3v) is 4.23. The van der Waals surface area contributed by atoms with Crippen molar-refractivity contribution >= 4 is 17.5 Å². The molecule has 0 saturated heterocycles. The van der Waals surface area contributed by atoms with Crippen molar-refractivity contribution in [2.24, 2.45) is 0 Å². The number of nitrogens with one attached hydrogen (secondary N) is 2. The minimum atomic E-state index is -1.07. The molecule has 0 saturated carbocycles. The van der Waals surface area contributed by atoms with E-state index < -0.39 is 17.5 Å². The molecule has 0 atom stereocenters. The van der Waals surface area contributed by atoms with Crippen molar-refractivity contribution in [2.45, 2.75) is 32.1 Å². The van der Waals surface area contributed by atoms with E-state index in [4.69, 9.17) is 0 Å². The number of hydrogen-bond donors (Lipinski definition) is 2. The summed E-state index contributed by atoms with van der Waals surface area (Å²) in [4.78, 5) is 12.0. The van der Waals surface area contributed by atoms with Crippen molar-refractivity contribution in [3.63, 3.8) is 0 Å². The van der Waals surface area contributed by atoms with E-state index in [1.165, 1.54) is 37.3 Å². The molecule has 1 aliphatic rings. The average Bonchev–Trinajstić information content (AvgIpc) is 2.66. The number of hydrogen-bond acceptors (Lipinski definition) is 4. The summed E-state index contributed by atoms with van der Waals surface area (Å²) in [6.07, 6.45) is 8.17. The van der Waals surface area contributed by atoms with E-state index in [2.05, 4.69) is 26.9 Å². The number of amides is 1.